The molecule has 0 aliphatic carbocycles. The van der Waals surface area contributed by atoms with Gasteiger partial charge in [0.1, 0.15) is 0 Å². The average molecular weight is 371 g/mol. The second kappa shape index (κ2) is 17.7. The summed E-state index contributed by atoms with van der Waals surface area (Å²) in [6.07, 6.45) is 0. The molecule has 0 unspecified atom stereocenters. The van der Waals surface area contributed by atoms with Gasteiger partial charge in [-0.25, -0.2) is 0 Å². The Labute approximate surface area is 135 Å². The van der Waals surface area contributed by atoms with Gasteiger partial charge < -0.3 is 47.8 Å². The molecule has 0 amide bonds. The van der Waals surface area contributed by atoms with Crippen LogP contribution in [0.4, 0.5) is 0 Å². The Morgan fingerprint density at radius 3 is 0.773 bits per heavy atom. The number of carbonyl (C=O) groups is 3. The number of carboxylic acid groups (broad SMARTS) is 3. The van der Waals surface area contributed by atoms with Crippen LogP contribution in [0.1, 0.15) is 0 Å². The van der Waals surface area contributed by atoms with E-state index in [1.807, 2.05) is 0 Å². The van der Waals surface area contributed by atoms with E-state index in [-0.39, 0.29) is 16.5 Å². The summed E-state index contributed by atoms with van der Waals surface area (Å²) in [4.78, 5) is 28.7. The fourth-order valence-corrected chi connectivity index (χ4v) is 0.234. The minimum absolute atomic E-state index is 0. The van der Waals surface area contributed by atoms with Gasteiger partial charge in [0, 0.05) is 19.8 Å². The minimum atomic E-state index is -1.38. The fraction of sp³-hybridized carbons (Fsp3) is 0.667. The number of aliphatic hydroxyl groups is 3. The molecule has 0 spiro atoms. The summed E-state index contributed by atoms with van der Waals surface area (Å²) in [5.41, 5.74) is 19.3. The van der Waals surface area contributed by atoms with Gasteiger partial charge in [-0.3, -0.25) is 14.4 Å². The molecule has 22 heavy (non-hydrogen) atoms. The maximum atomic E-state index is 9.58. The molecule has 0 rings (SSSR count). The quantitative estimate of drug-likeness (QED) is 0.295. The maximum Gasteiger partial charge on any atom is 3.00 e. The van der Waals surface area contributed by atoms with Gasteiger partial charge in [-0.2, -0.15) is 0 Å². The SMILES string of the molecule is [NH-][C@@H](CO)C(=O)O.[NH-][C@@H](CO)C(=O)O.[NH-][C@@H](CO)C(=O)O.[Ni+3]. The summed E-state index contributed by atoms with van der Waals surface area (Å²) in [6.45, 7) is -1.85. The molecular formula is C9H18N3NiO9. The van der Waals surface area contributed by atoms with Crippen molar-refractivity contribution in [2.24, 2.45) is 0 Å². The molecular weight excluding hydrogens is 353 g/mol. The van der Waals surface area contributed by atoms with Crippen LogP contribution < -0.4 is 0 Å². The first-order valence-corrected chi connectivity index (χ1v) is 5.19. The summed E-state index contributed by atoms with van der Waals surface area (Å²) in [5.74, 6) is -3.87. The normalized spacial score (nSPS) is 12.8. The van der Waals surface area contributed by atoms with E-state index in [2.05, 4.69) is 0 Å². The third kappa shape index (κ3) is 21.0. The summed E-state index contributed by atoms with van der Waals surface area (Å²) >= 11 is 0. The summed E-state index contributed by atoms with van der Waals surface area (Å²) in [7, 11) is 0. The van der Waals surface area contributed by atoms with Crippen LogP contribution in [0, 0.1) is 0 Å². The Morgan fingerprint density at radius 2 is 0.773 bits per heavy atom. The van der Waals surface area contributed by atoms with Crippen LogP contribution in [0.25, 0.3) is 17.2 Å². The molecule has 0 aliphatic heterocycles. The van der Waals surface area contributed by atoms with Gasteiger partial charge in [-0.05, 0) is 18.1 Å². The molecule has 9 N–H and O–H groups in total. The van der Waals surface area contributed by atoms with Gasteiger partial charge in [0.05, 0.1) is 0 Å². The van der Waals surface area contributed by atoms with Gasteiger partial charge in [0.2, 0.25) is 0 Å². The molecule has 0 heterocycles. The van der Waals surface area contributed by atoms with Gasteiger partial charge in [-0.1, -0.05) is 0 Å². The van der Waals surface area contributed by atoms with Crippen molar-refractivity contribution >= 4 is 17.9 Å². The Balaban J connectivity index is -0.000000108. The largest absolute Gasteiger partial charge is 3.00 e. The Bertz CT molecular complexity index is 271. The smallest absolute Gasteiger partial charge is 0.663 e. The Hall–Kier alpha value is -1.34. The zero-order chi connectivity index (χ0) is 17.6. The Kier molecular flexibility index (Phi) is 23.2. The van der Waals surface area contributed by atoms with Crippen molar-refractivity contribution in [2.45, 2.75) is 18.1 Å². The van der Waals surface area contributed by atoms with Crippen LogP contribution in [-0.4, -0.2) is 86.5 Å². The average Bonchev–Trinajstić information content (AvgIpc) is 2.45. The van der Waals surface area contributed by atoms with Crippen molar-refractivity contribution in [2.75, 3.05) is 19.8 Å². The van der Waals surface area contributed by atoms with Crippen LogP contribution in [-0.2, 0) is 30.9 Å². The van der Waals surface area contributed by atoms with E-state index in [0.717, 1.165) is 0 Å². The second-order valence-corrected chi connectivity index (χ2v) is 3.22. The molecule has 0 bridgehead atoms. The van der Waals surface area contributed by atoms with Crippen molar-refractivity contribution in [3.63, 3.8) is 0 Å². The zero-order valence-electron chi connectivity index (χ0n) is 11.1. The number of aliphatic carboxylic acids is 3. The van der Waals surface area contributed by atoms with Crippen LogP contribution in [0.5, 0.6) is 0 Å². The number of aliphatic hydroxyl groups excluding tert-OH is 3. The van der Waals surface area contributed by atoms with E-state index < -0.39 is 55.9 Å². The molecule has 1 radical (unpaired) electrons. The summed E-state index contributed by atoms with van der Waals surface area (Å²) in [5, 5.41) is 47.3. The van der Waals surface area contributed by atoms with Gasteiger partial charge in [0.15, 0.2) is 0 Å². The molecule has 0 saturated heterocycles. The Morgan fingerprint density at radius 1 is 0.636 bits per heavy atom. The van der Waals surface area contributed by atoms with Gasteiger partial charge >= 0.3 is 16.5 Å². The van der Waals surface area contributed by atoms with E-state index in [1.165, 1.54) is 0 Å². The molecule has 0 fully saturated rings. The first-order valence-electron chi connectivity index (χ1n) is 5.19. The van der Waals surface area contributed by atoms with Crippen molar-refractivity contribution in [3.05, 3.63) is 17.2 Å². The third-order valence-corrected chi connectivity index (χ3v) is 1.44. The van der Waals surface area contributed by atoms with Crippen molar-refractivity contribution in [1.29, 1.82) is 0 Å². The van der Waals surface area contributed by atoms with E-state index in [4.69, 9.17) is 47.8 Å². The zero-order valence-corrected chi connectivity index (χ0v) is 12.1. The first kappa shape index (κ1) is 28.8. The van der Waals surface area contributed by atoms with E-state index in [1.54, 1.807) is 0 Å². The molecule has 13 heteroatoms. The van der Waals surface area contributed by atoms with Crippen molar-refractivity contribution in [1.82, 2.24) is 0 Å². The van der Waals surface area contributed by atoms with Crippen LogP contribution in [0.2, 0.25) is 0 Å². The van der Waals surface area contributed by atoms with E-state index >= 15 is 0 Å². The summed E-state index contributed by atoms with van der Waals surface area (Å²) in [6, 6.07) is -4.13. The standard InChI is InChI=1S/3C3H6NO3.Ni/c3*4-2(1-5)3(6)7;/h3*2,4-5H,1H2,(H,6,7);/q3*-1;+3/t3*2-;/m000./s1. The number of hydrogen-bond donors (Lipinski definition) is 6. The van der Waals surface area contributed by atoms with E-state index in [9.17, 15) is 14.4 Å². The molecule has 0 aromatic rings. The minimum Gasteiger partial charge on any atom is -0.663 e. The maximum absolute atomic E-state index is 9.58. The third-order valence-electron chi connectivity index (χ3n) is 1.44. The van der Waals surface area contributed by atoms with Crippen molar-refractivity contribution in [3.8, 4) is 0 Å². The predicted molar refractivity (Wildman–Crippen MR) is 68.5 cm³/mol. The summed E-state index contributed by atoms with van der Waals surface area (Å²) < 4.78 is 0. The van der Waals surface area contributed by atoms with Crippen LogP contribution in [0.15, 0.2) is 0 Å². The number of carboxylic acids is 3. The monoisotopic (exact) mass is 370 g/mol. The molecule has 0 aromatic carbocycles. The topological polar surface area (TPSA) is 244 Å². The number of hydrogen-bond acceptors (Lipinski definition) is 6. The number of nitrogens with one attached hydrogen (secondary N) is 3. The molecule has 133 valence electrons. The molecule has 3 atom stereocenters. The molecule has 12 nitrogen and oxygen atoms in total. The molecule has 0 aromatic heterocycles. The van der Waals surface area contributed by atoms with Crippen LogP contribution in [0.3, 0.4) is 0 Å². The predicted octanol–water partition coefficient (Wildman–Crippen LogP) is -1.55. The molecule has 0 saturated carbocycles. The van der Waals surface area contributed by atoms with E-state index in [0.29, 0.717) is 0 Å². The fourth-order valence-electron chi connectivity index (χ4n) is 0.234. The van der Waals surface area contributed by atoms with Gasteiger partial charge in [0.25, 0.3) is 17.9 Å². The molecule has 0 aliphatic rings. The van der Waals surface area contributed by atoms with Crippen LogP contribution >= 0.6 is 0 Å². The second-order valence-electron chi connectivity index (χ2n) is 3.22. The number of rotatable bonds is 6. The van der Waals surface area contributed by atoms with Crippen molar-refractivity contribution < 1.29 is 61.5 Å². The van der Waals surface area contributed by atoms with Gasteiger partial charge in [-0.15, -0.1) is 0 Å². The first-order chi connectivity index (χ1) is 9.54.